The molecule has 0 aliphatic rings. The Morgan fingerprint density at radius 3 is 1.11 bits per heavy atom. The molecule has 79 heavy (non-hydrogen) atoms. The third-order valence-electron chi connectivity index (χ3n) is 15.3. The van der Waals surface area contributed by atoms with Gasteiger partial charge in [0.2, 0.25) is 0 Å². The zero-order valence-electron chi connectivity index (χ0n) is 44.7. The van der Waals surface area contributed by atoms with Gasteiger partial charge in [-0.15, -0.1) is 0 Å². The van der Waals surface area contributed by atoms with Crippen molar-refractivity contribution in [3.8, 4) is 61.8 Å². The second-order valence-corrected chi connectivity index (χ2v) is 20.5. The quantitative estimate of drug-likeness (QED) is 0.122. The summed E-state index contributed by atoms with van der Waals surface area (Å²) in [5.41, 5.74) is 24.4. The first kappa shape index (κ1) is 48.5. The van der Waals surface area contributed by atoms with Crippen LogP contribution in [0.25, 0.3) is 83.6 Å². The normalized spacial score (nSPS) is 11.3. The highest BCUT2D eigenvalue weighted by Crippen LogP contribution is 2.43. The van der Waals surface area contributed by atoms with Crippen LogP contribution in [-0.4, -0.2) is 14.5 Å². The van der Waals surface area contributed by atoms with Crippen molar-refractivity contribution in [3.05, 3.63) is 295 Å². The first-order valence-corrected chi connectivity index (χ1v) is 27.0. The Balaban J connectivity index is 0.850. The third kappa shape index (κ3) is 9.53. The molecule has 0 unspecified atom stereocenters. The van der Waals surface area contributed by atoms with E-state index in [1.165, 1.54) is 27.5 Å². The second kappa shape index (κ2) is 20.8. The first-order valence-electron chi connectivity index (χ1n) is 27.0. The fourth-order valence-electron chi connectivity index (χ4n) is 11.0. The van der Waals surface area contributed by atoms with Gasteiger partial charge in [0.05, 0.1) is 22.4 Å². The van der Waals surface area contributed by atoms with Gasteiger partial charge in [-0.05, 0) is 164 Å². The van der Waals surface area contributed by atoms with Crippen LogP contribution in [0.15, 0.2) is 273 Å². The van der Waals surface area contributed by atoms with E-state index in [4.69, 9.17) is 9.97 Å². The van der Waals surface area contributed by atoms with Gasteiger partial charge in [-0.3, -0.25) is 0 Å². The predicted molar refractivity (Wildman–Crippen MR) is 332 cm³/mol. The Kier molecular flexibility index (Phi) is 12.8. The number of nitrogens with zero attached hydrogens (tertiary/aromatic N) is 5. The lowest BCUT2D eigenvalue weighted by molar-refractivity contribution is 1.17. The summed E-state index contributed by atoms with van der Waals surface area (Å²) in [6.45, 7) is 8.53. The van der Waals surface area contributed by atoms with Gasteiger partial charge >= 0.3 is 0 Å². The fourth-order valence-corrected chi connectivity index (χ4v) is 11.0. The summed E-state index contributed by atoms with van der Waals surface area (Å²) in [6, 6.07) is 98.3. The number of fused-ring (bicyclic) bond motifs is 3. The summed E-state index contributed by atoms with van der Waals surface area (Å²) < 4.78 is 2.42. The molecular formula is C74H57N5. The molecule has 0 fully saturated rings. The van der Waals surface area contributed by atoms with Crippen LogP contribution in [0, 0.1) is 27.7 Å². The fraction of sp³-hybridized carbons (Fsp3) is 0.0541. The molecule has 13 rings (SSSR count). The van der Waals surface area contributed by atoms with Gasteiger partial charge in [-0.25, -0.2) is 9.97 Å². The van der Waals surface area contributed by atoms with Gasteiger partial charge in [0.15, 0.2) is 5.82 Å². The summed E-state index contributed by atoms with van der Waals surface area (Å²) >= 11 is 0. The van der Waals surface area contributed by atoms with Gasteiger partial charge in [-0.1, -0.05) is 181 Å². The summed E-state index contributed by atoms with van der Waals surface area (Å²) in [5, 5.41) is 2.34. The molecule has 11 aromatic carbocycles. The average Bonchev–Trinajstić information content (AvgIpc) is 4.02. The monoisotopic (exact) mass is 1020 g/mol. The van der Waals surface area contributed by atoms with E-state index in [9.17, 15) is 0 Å². The maximum absolute atomic E-state index is 5.14. The van der Waals surface area contributed by atoms with E-state index < -0.39 is 0 Å². The predicted octanol–water partition coefficient (Wildman–Crippen LogP) is 20.1. The minimum absolute atomic E-state index is 0.731. The highest BCUT2D eigenvalue weighted by molar-refractivity contribution is 6.12. The molecule has 5 nitrogen and oxygen atoms in total. The summed E-state index contributed by atoms with van der Waals surface area (Å²) in [6.07, 6.45) is 0. The SMILES string of the molecule is Cc1ccc(N(c2ccc(C)cc2)c2ccc3c(c2)c2cc(N(c4ccccc4)c4ccccc4)ccc2n3-c2ccc(-c3ccc(-c4ccc(-c5cc(-c6ccccc6C)nc(-c6ccccc6C)n5)cc4)cc3)cc2)cc1. The molecule has 0 saturated carbocycles. The zero-order valence-corrected chi connectivity index (χ0v) is 44.7. The molecule has 0 N–H and O–H groups in total. The van der Waals surface area contributed by atoms with Crippen molar-refractivity contribution >= 4 is 55.9 Å². The third-order valence-corrected chi connectivity index (χ3v) is 15.3. The molecule has 2 heterocycles. The Bertz CT molecular complexity index is 4150. The van der Waals surface area contributed by atoms with Crippen molar-refractivity contribution in [2.45, 2.75) is 27.7 Å². The smallest absolute Gasteiger partial charge is 0.160 e. The molecular weight excluding hydrogens is 959 g/mol. The number of rotatable bonds is 12. The largest absolute Gasteiger partial charge is 0.310 e. The number of anilines is 6. The average molecular weight is 1020 g/mol. The number of aromatic nitrogens is 3. The van der Waals surface area contributed by atoms with Crippen LogP contribution >= 0.6 is 0 Å². The van der Waals surface area contributed by atoms with E-state index in [1.54, 1.807) is 0 Å². The molecule has 2 aromatic heterocycles. The van der Waals surface area contributed by atoms with E-state index in [0.717, 1.165) is 113 Å². The second-order valence-electron chi connectivity index (χ2n) is 20.5. The molecule has 0 atom stereocenters. The van der Waals surface area contributed by atoms with E-state index in [0.29, 0.717) is 0 Å². The standard InChI is InChI=1S/C74H57N5/c1-50-23-37-61(38-24-50)78(62-39-25-51(2)26-40-62)65-44-46-73-69(48-65)68-47-64(77(59-17-7-5-8-18-59)60-19-9-6-10-20-60)43-45-72(68)79(73)63-41-35-57(36-42-63)55-29-27-54(28-30-55)56-31-33-58(34-32-56)70-49-71(66-21-13-11-15-52(66)3)76-74(75-70)67-22-14-12-16-53(67)4/h5-49H,1-4H3. The van der Waals surface area contributed by atoms with Crippen LogP contribution in [-0.2, 0) is 0 Å². The lowest BCUT2D eigenvalue weighted by Gasteiger charge is -2.26. The van der Waals surface area contributed by atoms with Crippen molar-refractivity contribution in [2.75, 3.05) is 9.80 Å². The lowest BCUT2D eigenvalue weighted by atomic mass is 9.98. The maximum atomic E-state index is 5.14. The molecule has 0 spiro atoms. The highest BCUT2D eigenvalue weighted by Gasteiger charge is 2.21. The van der Waals surface area contributed by atoms with Crippen molar-refractivity contribution in [3.63, 3.8) is 0 Å². The van der Waals surface area contributed by atoms with Crippen LogP contribution in [0.2, 0.25) is 0 Å². The van der Waals surface area contributed by atoms with Crippen molar-refractivity contribution in [2.24, 2.45) is 0 Å². The minimum atomic E-state index is 0.731. The minimum Gasteiger partial charge on any atom is -0.310 e. The van der Waals surface area contributed by atoms with Gasteiger partial charge in [0.1, 0.15) is 0 Å². The molecule has 0 aliphatic carbocycles. The van der Waals surface area contributed by atoms with Crippen LogP contribution in [0.4, 0.5) is 34.1 Å². The van der Waals surface area contributed by atoms with Crippen LogP contribution in [0.3, 0.4) is 0 Å². The van der Waals surface area contributed by atoms with Gasteiger partial charge in [0, 0.05) is 67.3 Å². The van der Waals surface area contributed by atoms with Crippen molar-refractivity contribution < 1.29 is 0 Å². The molecule has 0 radical (unpaired) electrons. The number of hydrogen-bond acceptors (Lipinski definition) is 4. The summed E-state index contributed by atoms with van der Waals surface area (Å²) in [4.78, 5) is 14.9. The molecule has 5 heteroatoms. The Morgan fingerprint density at radius 1 is 0.291 bits per heavy atom. The van der Waals surface area contributed by atoms with Crippen LogP contribution in [0.1, 0.15) is 22.3 Å². The van der Waals surface area contributed by atoms with E-state index in [1.807, 2.05) is 0 Å². The topological polar surface area (TPSA) is 37.2 Å². The van der Waals surface area contributed by atoms with Gasteiger partial charge in [0.25, 0.3) is 0 Å². The highest BCUT2D eigenvalue weighted by atomic mass is 15.1. The Hall–Kier alpha value is -10.1. The number of benzene rings is 11. The van der Waals surface area contributed by atoms with E-state index in [2.05, 4.69) is 315 Å². The van der Waals surface area contributed by atoms with Gasteiger partial charge < -0.3 is 14.4 Å². The van der Waals surface area contributed by atoms with Crippen LogP contribution < -0.4 is 9.80 Å². The van der Waals surface area contributed by atoms with E-state index >= 15 is 0 Å². The first-order chi connectivity index (χ1) is 38.8. The molecule has 0 aliphatic heterocycles. The molecule has 0 amide bonds. The molecule has 0 bridgehead atoms. The number of aryl methyl sites for hydroxylation is 4. The van der Waals surface area contributed by atoms with Crippen LogP contribution in [0.5, 0.6) is 0 Å². The molecule has 13 aromatic rings. The number of hydrogen-bond donors (Lipinski definition) is 0. The maximum Gasteiger partial charge on any atom is 0.160 e. The Morgan fingerprint density at radius 2 is 0.658 bits per heavy atom. The zero-order chi connectivity index (χ0) is 53.4. The summed E-state index contributed by atoms with van der Waals surface area (Å²) in [7, 11) is 0. The van der Waals surface area contributed by atoms with Crippen molar-refractivity contribution in [1.82, 2.24) is 14.5 Å². The van der Waals surface area contributed by atoms with Gasteiger partial charge in [-0.2, -0.15) is 0 Å². The number of para-hydroxylation sites is 2. The summed E-state index contributed by atoms with van der Waals surface area (Å²) in [5.74, 6) is 0.731. The Labute approximate surface area is 462 Å². The lowest BCUT2D eigenvalue weighted by Crippen LogP contribution is -2.10. The molecule has 0 saturated heterocycles. The van der Waals surface area contributed by atoms with Crippen molar-refractivity contribution in [1.29, 1.82) is 0 Å². The molecule has 378 valence electrons. The van der Waals surface area contributed by atoms with E-state index in [-0.39, 0.29) is 0 Å².